The van der Waals surface area contributed by atoms with Crippen LogP contribution in [0.25, 0.3) is 0 Å². The van der Waals surface area contributed by atoms with Crippen molar-refractivity contribution in [2.45, 2.75) is 37.5 Å². The van der Waals surface area contributed by atoms with Gasteiger partial charge < -0.3 is 9.47 Å². The van der Waals surface area contributed by atoms with E-state index in [1.165, 1.54) is 32.4 Å². The summed E-state index contributed by atoms with van der Waals surface area (Å²) in [6.45, 7) is 4.13. The summed E-state index contributed by atoms with van der Waals surface area (Å²) in [7, 11) is -1.30. The van der Waals surface area contributed by atoms with Crippen LogP contribution >= 0.6 is 0 Å². The van der Waals surface area contributed by atoms with Gasteiger partial charge >= 0.3 is 5.97 Å². The third kappa shape index (κ3) is 4.34. The molecule has 0 amide bonds. The predicted octanol–water partition coefficient (Wildman–Crippen LogP) is 2.91. The SMILES string of the molecule is CCCC(C)c1cc(NS(=O)(=O)c2ccc(C(=O)OC)c(OC)c2)n[nH]1. The maximum atomic E-state index is 12.6. The maximum Gasteiger partial charge on any atom is 0.341 e. The fourth-order valence-corrected chi connectivity index (χ4v) is 3.55. The number of hydrogen-bond donors (Lipinski definition) is 2. The Bertz CT molecular complexity index is 876. The number of anilines is 1. The molecule has 0 spiro atoms. The number of ether oxygens (including phenoxy) is 2. The van der Waals surface area contributed by atoms with Crippen molar-refractivity contribution >= 4 is 21.8 Å². The van der Waals surface area contributed by atoms with Crippen molar-refractivity contribution in [3.05, 3.63) is 35.5 Å². The molecule has 0 saturated carbocycles. The second-order valence-electron chi connectivity index (χ2n) is 5.86. The highest BCUT2D eigenvalue weighted by Gasteiger charge is 2.21. The highest BCUT2D eigenvalue weighted by Crippen LogP contribution is 2.26. The molecule has 2 aromatic rings. The van der Waals surface area contributed by atoms with Gasteiger partial charge in [-0.15, -0.1) is 0 Å². The van der Waals surface area contributed by atoms with Crippen molar-refractivity contribution in [1.29, 1.82) is 0 Å². The first-order valence-corrected chi connectivity index (χ1v) is 9.65. The maximum absolute atomic E-state index is 12.6. The van der Waals surface area contributed by atoms with Crippen molar-refractivity contribution in [2.24, 2.45) is 0 Å². The number of nitrogens with one attached hydrogen (secondary N) is 2. The first-order valence-electron chi connectivity index (χ1n) is 8.16. The number of carbonyl (C=O) groups is 1. The zero-order chi connectivity index (χ0) is 19.3. The van der Waals surface area contributed by atoms with E-state index in [9.17, 15) is 13.2 Å². The number of nitrogens with zero attached hydrogens (tertiary/aromatic N) is 1. The Labute approximate surface area is 153 Å². The molecule has 2 rings (SSSR count). The van der Waals surface area contributed by atoms with E-state index in [1.54, 1.807) is 6.07 Å². The first-order chi connectivity index (χ1) is 12.3. The van der Waals surface area contributed by atoms with Gasteiger partial charge in [0.05, 0.1) is 19.1 Å². The molecule has 9 heteroatoms. The highest BCUT2D eigenvalue weighted by atomic mass is 32.2. The Kier molecular flexibility index (Phi) is 6.25. The number of aromatic amines is 1. The molecule has 1 heterocycles. The number of sulfonamides is 1. The van der Waals surface area contributed by atoms with Crippen LogP contribution in [0.4, 0.5) is 5.82 Å². The lowest BCUT2D eigenvalue weighted by Crippen LogP contribution is -2.14. The molecular formula is C17H23N3O5S. The van der Waals surface area contributed by atoms with Crippen LogP contribution in [-0.2, 0) is 14.8 Å². The summed E-state index contributed by atoms with van der Waals surface area (Å²) in [5.41, 5.74) is 1.01. The summed E-state index contributed by atoms with van der Waals surface area (Å²) < 4.78 is 37.3. The third-order valence-electron chi connectivity index (χ3n) is 3.98. The molecule has 1 aromatic carbocycles. The van der Waals surface area contributed by atoms with Crippen LogP contribution in [0.1, 0.15) is 48.7 Å². The van der Waals surface area contributed by atoms with Crippen molar-refractivity contribution < 1.29 is 22.7 Å². The topological polar surface area (TPSA) is 110 Å². The fraction of sp³-hybridized carbons (Fsp3) is 0.412. The summed E-state index contributed by atoms with van der Waals surface area (Å²) in [6, 6.07) is 5.60. The molecule has 0 fully saturated rings. The van der Waals surface area contributed by atoms with Gasteiger partial charge in [-0.3, -0.25) is 9.82 Å². The Morgan fingerprint density at radius 1 is 1.31 bits per heavy atom. The summed E-state index contributed by atoms with van der Waals surface area (Å²) in [6.07, 6.45) is 1.99. The molecule has 8 nitrogen and oxygen atoms in total. The lowest BCUT2D eigenvalue weighted by atomic mass is 10.0. The Balaban J connectivity index is 2.26. The molecule has 26 heavy (non-hydrogen) atoms. The van der Waals surface area contributed by atoms with Crippen LogP contribution in [0, 0.1) is 0 Å². The van der Waals surface area contributed by atoms with Crippen LogP contribution in [0.5, 0.6) is 5.75 Å². The molecular weight excluding hydrogens is 358 g/mol. The number of H-pyrrole nitrogens is 1. The van der Waals surface area contributed by atoms with E-state index in [0.717, 1.165) is 18.5 Å². The number of hydrogen-bond acceptors (Lipinski definition) is 6. The quantitative estimate of drug-likeness (QED) is 0.680. The highest BCUT2D eigenvalue weighted by molar-refractivity contribution is 7.92. The third-order valence-corrected chi connectivity index (χ3v) is 5.33. The monoisotopic (exact) mass is 381 g/mol. The minimum Gasteiger partial charge on any atom is -0.496 e. The minimum atomic E-state index is -3.88. The molecule has 1 aromatic heterocycles. The molecule has 142 valence electrons. The van der Waals surface area contributed by atoms with Crippen molar-refractivity contribution in [2.75, 3.05) is 18.9 Å². The molecule has 0 aliphatic heterocycles. The summed E-state index contributed by atoms with van der Waals surface area (Å²) in [5.74, 6) is -0.0382. The Hall–Kier alpha value is -2.55. The van der Waals surface area contributed by atoms with E-state index in [0.29, 0.717) is 0 Å². The second-order valence-corrected chi connectivity index (χ2v) is 7.54. The molecule has 2 N–H and O–H groups in total. The standard InChI is InChI=1S/C17H23N3O5S/c1-5-6-11(2)14-10-16(19-18-14)20-26(22,23)12-7-8-13(17(21)25-4)15(9-12)24-3/h7-11H,5-6H2,1-4H3,(H2,18,19,20). The van der Waals surface area contributed by atoms with Gasteiger partial charge in [0.1, 0.15) is 11.3 Å². The number of carbonyl (C=O) groups excluding carboxylic acids is 1. The molecule has 0 saturated heterocycles. The summed E-state index contributed by atoms with van der Waals surface area (Å²) >= 11 is 0. The smallest absolute Gasteiger partial charge is 0.341 e. The average Bonchev–Trinajstić information content (AvgIpc) is 3.08. The number of esters is 1. The number of rotatable bonds is 8. The van der Waals surface area contributed by atoms with Crippen LogP contribution in [-0.4, -0.2) is 38.8 Å². The van der Waals surface area contributed by atoms with Gasteiger partial charge in [-0.1, -0.05) is 20.3 Å². The Morgan fingerprint density at radius 3 is 2.65 bits per heavy atom. The molecule has 1 unspecified atom stereocenters. The van der Waals surface area contributed by atoms with Gasteiger partial charge in [-0.05, 0) is 24.5 Å². The number of aromatic nitrogens is 2. The van der Waals surface area contributed by atoms with E-state index in [1.807, 2.05) is 6.92 Å². The van der Waals surface area contributed by atoms with Gasteiger partial charge in [0.2, 0.25) is 0 Å². The van der Waals surface area contributed by atoms with Gasteiger partial charge in [0.25, 0.3) is 10.0 Å². The van der Waals surface area contributed by atoms with Crippen LogP contribution in [0.3, 0.4) is 0 Å². The molecule has 0 aliphatic rings. The first kappa shape index (κ1) is 19.8. The zero-order valence-corrected chi connectivity index (χ0v) is 16.0. The molecule has 0 radical (unpaired) electrons. The predicted molar refractivity (Wildman–Crippen MR) is 97.1 cm³/mol. The van der Waals surface area contributed by atoms with Gasteiger partial charge in [-0.25, -0.2) is 13.2 Å². The van der Waals surface area contributed by atoms with Crippen LogP contribution < -0.4 is 9.46 Å². The average molecular weight is 381 g/mol. The molecule has 1 atom stereocenters. The normalized spacial score (nSPS) is 12.5. The number of methoxy groups -OCH3 is 2. The summed E-state index contributed by atoms with van der Waals surface area (Å²) in [5, 5.41) is 6.87. The minimum absolute atomic E-state index is 0.0480. The fourth-order valence-electron chi connectivity index (χ4n) is 2.54. The van der Waals surface area contributed by atoms with E-state index < -0.39 is 16.0 Å². The van der Waals surface area contributed by atoms with Crippen LogP contribution in [0.15, 0.2) is 29.2 Å². The lowest BCUT2D eigenvalue weighted by molar-refractivity contribution is 0.0597. The van der Waals surface area contributed by atoms with Gasteiger partial charge in [0.15, 0.2) is 5.82 Å². The lowest BCUT2D eigenvalue weighted by Gasteiger charge is -2.10. The molecule has 0 bridgehead atoms. The van der Waals surface area contributed by atoms with Gasteiger partial charge in [0, 0.05) is 17.8 Å². The van der Waals surface area contributed by atoms with E-state index >= 15 is 0 Å². The van der Waals surface area contributed by atoms with Crippen molar-refractivity contribution in [3.63, 3.8) is 0 Å². The second kappa shape index (κ2) is 8.22. The summed E-state index contributed by atoms with van der Waals surface area (Å²) in [4.78, 5) is 11.6. The van der Waals surface area contributed by atoms with Crippen molar-refractivity contribution in [1.82, 2.24) is 10.2 Å². The number of benzene rings is 1. The van der Waals surface area contributed by atoms with Gasteiger partial charge in [-0.2, -0.15) is 5.10 Å². The largest absolute Gasteiger partial charge is 0.496 e. The van der Waals surface area contributed by atoms with Crippen molar-refractivity contribution in [3.8, 4) is 5.75 Å². The van der Waals surface area contributed by atoms with Crippen LogP contribution in [0.2, 0.25) is 0 Å². The van der Waals surface area contributed by atoms with E-state index in [-0.39, 0.29) is 27.9 Å². The molecule has 0 aliphatic carbocycles. The van der Waals surface area contributed by atoms with E-state index in [4.69, 9.17) is 4.74 Å². The zero-order valence-electron chi connectivity index (χ0n) is 15.2. The van der Waals surface area contributed by atoms with E-state index in [2.05, 4.69) is 26.6 Å². The Morgan fingerprint density at radius 2 is 2.04 bits per heavy atom.